The Morgan fingerprint density at radius 1 is 1.14 bits per heavy atom. The summed E-state index contributed by atoms with van der Waals surface area (Å²) in [5, 5.41) is 13.7. The molecule has 0 unspecified atom stereocenters. The molecule has 0 atom stereocenters. The summed E-state index contributed by atoms with van der Waals surface area (Å²) in [4.78, 5) is 15.8. The van der Waals surface area contributed by atoms with E-state index in [2.05, 4.69) is 72.1 Å². The largest absolute Gasteiger partial charge is 0.378 e. The minimum atomic E-state index is 0.317. The third kappa shape index (κ3) is 4.11. The van der Waals surface area contributed by atoms with Crippen LogP contribution in [0.5, 0.6) is 0 Å². The lowest BCUT2D eigenvalue weighted by Crippen LogP contribution is -2.54. The summed E-state index contributed by atoms with van der Waals surface area (Å²) in [5.41, 5.74) is 10.2. The fourth-order valence-electron chi connectivity index (χ4n) is 6.31. The Morgan fingerprint density at radius 3 is 2.59 bits per heavy atom. The van der Waals surface area contributed by atoms with Gasteiger partial charge in [0, 0.05) is 35.0 Å². The molecular formula is C29H35N7O. The minimum absolute atomic E-state index is 0.317. The molecular weight excluding hydrogens is 462 g/mol. The first-order valence-electron chi connectivity index (χ1n) is 13.5. The van der Waals surface area contributed by atoms with Gasteiger partial charge in [0.1, 0.15) is 6.33 Å². The second-order valence-corrected chi connectivity index (χ2v) is 11.0. The van der Waals surface area contributed by atoms with Crippen molar-refractivity contribution in [2.24, 2.45) is 0 Å². The van der Waals surface area contributed by atoms with Crippen LogP contribution in [0.15, 0.2) is 24.7 Å². The van der Waals surface area contributed by atoms with E-state index in [1.165, 1.54) is 16.8 Å². The van der Waals surface area contributed by atoms with Crippen molar-refractivity contribution in [1.82, 2.24) is 29.5 Å². The predicted octanol–water partition coefficient (Wildman–Crippen LogP) is 5.26. The Kier molecular flexibility index (Phi) is 6.21. The zero-order chi connectivity index (χ0) is 25.7. The van der Waals surface area contributed by atoms with E-state index in [4.69, 9.17) is 9.72 Å². The summed E-state index contributed by atoms with van der Waals surface area (Å²) in [6.07, 6.45) is 8.12. The minimum Gasteiger partial charge on any atom is -0.378 e. The molecule has 192 valence electrons. The zero-order valence-electron chi connectivity index (χ0n) is 22.2. The molecule has 1 aliphatic carbocycles. The maximum atomic E-state index is 9.34. The standard InChI is InChI=1S/C29H35N7O/c1-17(2)26-27(23-13-36-29(31-16-32-36)19(4)18(23)3)34-25-10-9-24(33-28(25)26)20-5-7-21(8-6-20)35(12-11-30)22-14-37-15-22/h9-10,13,16-17,20-22,34H,5-8,12,14-15H2,1-4H3. The van der Waals surface area contributed by atoms with Crippen LogP contribution in [-0.2, 0) is 4.74 Å². The number of aryl methyl sites for hydroxylation is 1. The SMILES string of the molecule is Cc1c(-c2[nH]c3ccc(C4CCC(N(CC#N)C5COC5)CC4)nc3c2C(C)C)cn2ncnc2c1C. The van der Waals surface area contributed by atoms with E-state index >= 15 is 0 Å². The molecule has 6 rings (SSSR count). The highest BCUT2D eigenvalue weighted by Gasteiger charge is 2.34. The third-order valence-electron chi connectivity index (χ3n) is 8.60. The molecule has 5 heterocycles. The topological polar surface area (TPSA) is 95.1 Å². The number of ether oxygens (including phenoxy) is 1. The molecule has 1 saturated carbocycles. The number of nitrogens with zero attached hydrogens (tertiary/aromatic N) is 6. The van der Waals surface area contributed by atoms with Gasteiger partial charge in [-0.2, -0.15) is 10.4 Å². The van der Waals surface area contributed by atoms with Gasteiger partial charge in [-0.1, -0.05) is 13.8 Å². The van der Waals surface area contributed by atoms with Crippen LogP contribution in [0.4, 0.5) is 0 Å². The van der Waals surface area contributed by atoms with Crippen LogP contribution in [0.2, 0.25) is 0 Å². The van der Waals surface area contributed by atoms with Crippen molar-refractivity contribution in [2.75, 3.05) is 19.8 Å². The van der Waals surface area contributed by atoms with Gasteiger partial charge in [-0.15, -0.1) is 0 Å². The van der Waals surface area contributed by atoms with Crippen molar-refractivity contribution < 1.29 is 4.74 Å². The van der Waals surface area contributed by atoms with E-state index < -0.39 is 0 Å². The first-order valence-corrected chi connectivity index (χ1v) is 13.5. The molecule has 1 saturated heterocycles. The first kappa shape index (κ1) is 24.1. The third-order valence-corrected chi connectivity index (χ3v) is 8.60. The summed E-state index contributed by atoms with van der Waals surface area (Å²) in [6.45, 7) is 10.8. The van der Waals surface area contributed by atoms with Crippen LogP contribution in [0.1, 0.15) is 73.8 Å². The van der Waals surface area contributed by atoms with Crippen LogP contribution < -0.4 is 0 Å². The molecule has 0 bridgehead atoms. The quantitative estimate of drug-likeness (QED) is 0.365. The molecule has 8 heteroatoms. The zero-order valence-corrected chi connectivity index (χ0v) is 22.2. The smallest absolute Gasteiger partial charge is 0.158 e. The Morgan fingerprint density at radius 2 is 1.92 bits per heavy atom. The number of pyridine rings is 2. The van der Waals surface area contributed by atoms with E-state index in [0.717, 1.165) is 72.4 Å². The van der Waals surface area contributed by atoms with Crippen LogP contribution in [0.3, 0.4) is 0 Å². The van der Waals surface area contributed by atoms with E-state index in [0.29, 0.717) is 30.5 Å². The molecule has 8 nitrogen and oxygen atoms in total. The van der Waals surface area contributed by atoms with Crippen molar-refractivity contribution >= 4 is 16.7 Å². The van der Waals surface area contributed by atoms with E-state index in [-0.39, 0.29) is 0 Å². The van der Waals surface area contributed by atoms with Crippen LogP contribution in [0, 0.1) is 25.2 Å². The Balaban J connectivity index is 1.32. The number of hydrogen-bond donors (Lipinski definition) is 1. The second-order valence-electron chi connectivity index (χ2n) is 11.0. The summed E-state index contributed by atoms with van der Waals surface area (Å²) in [5.74, 6) is 0.772. The lowest BCUT2D eigenvalue weighted by atomic mass is 9.82. The second kappa shape index (κ2) is 9.55. The average Bonchev–Trinajstić information content (AvgIpc) is 3.49. The van der Waals surface area contributed by atoms with E-state index in [9.17, 15) is 5.26 Å². The summed E-state index contributed by atoms with van der Waals surface area (Å²) >= 11 is 0. The number of rotatable bonds is 6. The lowest BCUT2D eigenvalue weighted by Gasteiger charge is -2.43. The number of nitrogens with one attached hydrogen (secondary N) is 1. The number of fused-ring (bicyclic) bond motifs is 2. The van der Waals surface area contributed by atoms with E-state index in [1.807, 2.05) is 4.52 Å². The predicted molar refractivity (Wildman–Crippen MR) is 144 cm³/mol. The Labute approximate surface area is 217 Å². The molecule has 2 aliphatic rings. The molecule has 0 aromatic carbocycles. The van der Waals surface area contributed by atoms with Crippen LogP contribution in [-0.4, -0.2) is 61.3 Å². The van der Waals surface area contributed by atoms with Crippen molar-refractivity contribution in [1.29, 1.82) is 5.26 Å². The molecule has 0 spiro atoms. The molecule has 1 N–H and O–H groups in total. The monoisotopic (exact) mass is 497 g/mol. The van der Waals surface area contributed by atoms with Crippen molar-refractivity contribution in [3.8, 4) is 17.3 Å². The molecule has 37 heavy (non-hydrogen) atoms. The highest BCUT2D eigenvalue weighted by molar-refractivity contribution is 5.89. The van der Waals surface area contributed by atoms with Crippen molar-refractivity contribution in [3.05, 3.63) is 47.0 Å². The fraction of sp³-hybridized carbons (Fsp3) is 0.517. The van der Waals surface area contributed by atoms with Crippen LogP contribution in [0.25, 0.3) is 27.9 Å². The van der Waals surface area contributed by atoms with Gasteiger partial charge in [-0.05, 0) is 68.7 Å². The fourth-order valence-corrected chi connectivity index (χ4v) is 6.31. The number of hydrogen-bond acceptors (Lipinski definition) is 6. The number of aromatic amines is 1. The van der Waals surface area contributed by atoms with Gasteiger partial charge in [0.2, 0.25) is 0 Å². The number of H-pyrrole nitrogens is 1. The van der Waals surface area contributed by atoms with Gasteiger partial charge >= 0.3 is 0 Å². The highest BCUT2D eigenvalue weighted by Crippen LogP contribution is 2.40. The van der Waals surface area contributed by atoms with Gasteiger partial charge < -0.3 is 9.72 Å². The molecule has 4 aromatic rings. The van der Waals surface area contributed by atoms with Gasteiger partial charge in [0.15, 0.2) is 5.65 Å². The average molecular weight is 498 g/mol. The summed E-state index contributed by atoms with van der Waals surface area (Å²) < 4.78 is 7.28. The van der Waals surface area contributed by atoms with Gasteiger partial charge in [-0.25, -0.2) is 9.50 Å². The Bertz CT molecular complexity index is 1480. The van der Waals surface area contributed by atoms with Crippen molar-refractivity contribution in [2.45, 2.75) is 77.3 Å². The normalized spacial score (nSPS) is 20.7. The molecule has 1 aliphatic heterocycles. The Hall–Kier alpha value is -3.28. The maximum Gasteiger partial charge on any atom is 0.158 e. The van der Waals surface area contributed by atoms with Gasteiger partial charge in [-0.3, -0.25) is 9.88 Å². The van der Waals surface area contributed by atoms with Crippen molar-refractivity contribution in [3.63, 3.8) is 0 Å². The number of aromatic nitrogens is 5. The molecule has 0 radical (unpaired) electrons. The van der Waals surface area contributed by atoms with E-state index in [1.54, 1.807) is 6.33 Å². The lowest BCUT2D eigenvalue weighted by molar-refractivity contribution is -0.0794. The van der Waals surface area contributed by atoms with Crippen LogP contribution >= 0.6 is 0 Å². The highest BCUT2D eigenvalue weighted by atomic mass is 16.5. The summed E-state index contributed by atoms with van der Waals surface area (Å²) in [6, 6.07) is 7.67. The molecule has 4 aromatic heterocycles. The molecule has 0 amide bonds. The van der Waals surface area contributed by atoms with Gasteiger partial charge in [0.05, 0.1) is 48.6 Å². The summed E-state index contributed by atoms with van der Waals surface area (Å²) in [7, 11) is 0. The number of nitriles is 1. The maximum absolute atomic E-state index is 9.34. The van der Waals surface area contributed by atoms with Gasteiger partial charge in [0.25, 0.3) is 0 Å². The molecule has 2 fully saturated rings. The first-order chi connectivity index (χ1) is 18.0.